The number of thiazole rings is 1. The molecule has 1 N–H and O–H groups in total. The lowest BCUT2D eigenvalue weighted by Gasteiger charge is -2.17. The van der Waals surface area contributed by atoms with Crippen molar-refractivity contribution in [1.29, 1.82) is 0 Å². The van der Waals surface area contributed by atoms with E-state index in [9.17, 15) is 0 Å². The van der Waals surface area contributed by atoms with Crippen LogP contribution in [0.2, 0.25) is 0 Å². The zero-order chi connectivity index (χ0) is 11.3. The molecule has 2 nitrogen and oxygen atoms in total. The maximum absolute atomic E-state index is 4.25. The molecule has 0 aliphatic rings. The summed E-state index contributed by atoms with van der Waals surface area (Å²) in [5, 5.41) is 3.49. The molecule has 0 saturated heterocycles. The van der Waals surface area contributed by atoms with Gasteiger partial charge in [0, 0.05) is 11.4 Å². The van der Waals surface area contributed by atoms with Crippen LogP contribution >= 0.6 is 11.3 Å². The molecule has 0 amide bonds. The maximum Gasteiger partial charge on any atom is 0.0797 e. The van der Waals surface area contributed by atoms with Gasteiger partial charge in [0.15, 0.2) is 0 Å². The number of nitrogens with zero attached hydrogens (tertiary/aromatic N) is 1. The quantitative estimate of drug-likeness (QED) is 0.781. The van der Waals surface area contributed by atoms with Crippen LogP contribution in [-0.4, -0.2) is 18.1 Å². The summed E-state index contributed by atoms with van der Waals surface area (Å²) in [5.74, 6) is 0. The fourth-order valence-electron chi connectivity index (χ4n) is 1.36. The van der Waals surface area contributed by atoms with E-state index in [2.05, 4.69) is 38.0 Å². The van der Waals surface area contributed by atoms with Crippen molar-refractivity contribution in [2.75, 3.05) is 13.1 Å². The SMILES string of the molecule is Cc1ncsc1CCNCCC(C)(C)C. The van der Waals surface area contributed by atoms with Crippen molar-refractivity contribution in [2.24, 2.45) is 5.41 Å². The molecule has 0 spiro atoms. The second kappa shape index (κ2) is 5.61. The fourth-order valence-corrected chi connectivity index (χ4v) is 2.14. The standard InChI is InChI=1S/C12H22N2S/c1-10-11(15-9-14-10)5-7-13-8-6-12(2,3)4/h9,13H,5-8H2,1-4H3. The van der Waals surface area contributed by atoms with Gasteiger partial charge < -0.3 is 5.32 Å². The fraction of sp³-hybridized carbons (Fsp3) is 0.750. The summed E-state index contributed by atoms with van der Waals surface area (Å²) >= 11 is 1.76. The van der Waals surface area contributed by atoms with Gasteiger partial charge in [0.1, 0.15) is 0 Å². The van der Waals surface area contributed by atoms with Gasteiger partial charge in [-0.05, 0) is 31.7 Å². The summed E-state index contributed by atoms with van der Waals surface area (Å²) in [6, 6.07) is 0. The van der Waals surface area contributed by atoms with Gasteiger partial charge in [-0.15, -0.1) is 11.3 Å². The van der Waals surface area contributed by atoms with Gasteiger partial charge >= 0.3 is 0 Å². The van der Waals surface area contributed by atoms with E-state index in [1.807, 2.05) is 5.51 Å². The Morgan fingerprint density at radius 2 is 2.07 bits per heavy atom. The highest BCUT2D eigenvalue weighted by Crippen LogP contribution is 2.17. The largest absolute Gasteiger partial charge is 0.316 e. The van der Waals surface area contributed by atoms with E-state index >= 15 is 0 Å². The maximum atomic E-state index is 4.25. The van der Waals surface area contributed by atoms with E-state index in [0.29, 0.717) is 5.41 Å². The minimum atomic E-state index is 0.438. The van der Waals surface area contributed by atoms with Crippen LogP contribution in [0.4, 0.5) is 0 Å². The molecule has 0 fully saturated rings. The summed E-state index contributed by atoms with van der Waals surface area (Å²) in [7, 11) is 0. The highest BCUT2D eigenvalue weighted by atomic mass is 32.1. The monoisotopic (exact) mass is 226 g/mol. The smallest absolute Gasteiger partial charge is 0.0797 e. The van der Waals surface area contributed by atoms with Crippen LogP contribution in [0.1, 0.15) is 37.8 Å². The number of hydrogen-bond donors (Lipinski definition) is 1. The zero-order valence-electron chi connectivity index (χ0n) is 10.3. The predicted molar refractivity (Wildman–Crippen MR) is 67.5 cm³/mol. The van der Waals surface area contributed by atoms with Crippen LogP contribution < -0.4 is 5.32 Å². The summed E-state index contributed by atoms with van der Waals surface area (Å²) in [6.07, 6.45) is 2.34. The Bertz CT molecular complexity index is 286. The summed E-state index contributed by atoms with van der Waals surface area (Å²) < 4.78 is 0. The normalized spacial score (nSPS) is 12.0. The average molecular weight is 226 g/mol. The van der Waals surface area contributed by atoms with Crippen molar-refractivity contribution in [1.82, 2.24) is 10.3 Å². The molecular formula is C12H22N2S. The Balaban J connectivity index is 2.10. The van der Waals surface area contributed by atoms with Crippen molar-refractivity contribution in [2.45, 2.75) is 40.5 Å². The Kier molecular flexibility index (Phi) is 4.74. The lowest BCUT2D eigenvalue weighted by molar-refractivity contribution is 0.368. The van der Waals surface area contributed by atoms with Gasteiger partial charge in [0.25, 0.3) is 0 Å². The van der Waals surface area contributed by atoms with E-state index in [-0.39, 0.29) is 0 Å². The molecule has 1 heterocycles. The van der Waals surface area contributed by atoms with Crippen LogP contribution in [0.25, 0.3) is 0 Å². The number of rotatable bonds is 5. The van der Waals surface area contributed by atoms with E-state index in [4.69, 9.17) is 0 Å². The van der Waals surface area contributed by atoms with Crippen LogP contribution in [0.15, 0.2) is 5.51 Å². The second-order valence-corrected chi connectivity index (χ2v) is 6.11. The number of aromatic nitrogens is 1. The first-order valence-corrected chi connectivity index (χ1v) is 6.47. The molecule has 0 atom stereocenters. The number of aryl methyl sites for hydroxylation is 1. The summed E-state index contributed by atoms with van der Waals surface area (Å²) in [5.41, 5.74) is 3.56. The van der Waals surface area contributed by atoms with Gasteiger partial charge in [-0.3, -0.25) is 0 Å². The Labute approximate surface area is 97.1 Å². The van der Waals surface area contributed by atoms with Crippen molar-refractivity contribution in [3.63, 3.8) is 0 Å². The molecule has 0 unspecified atom stereocenters. The molecule has 15 heavy (non-hydrogen) atoms. The molecular weight excluding hydrogens is 204 g/mol. The lowest BCUT2D eigenvalue weighted by Crippen LogP contribution is -2.22. The van der Waals surface area contributed by atoms with Gasteiger partial charge in [-0.1, -0.05) is 20.8 Å². The van der Waals surface area contributed by atoms with Gasteiger partial charge in [0.2, 0.25) is 0 Å². The zero-order valence-corrected chi connectivity index (χ0v) is 11.1. The minimum absolute atomic E-state index is 0.438. The van der Waals surface area contributed by atoms with Crippen LogP contribution in [-0.2, 0) is 6.42 Å². The highest BCUT2D eigenvalue weighted by molar-refractivity contribution is 7.09. The molecule has 0 aliphatic carbocycles. The van der Waals surface area contributed by atoms with Crippen LogP contribution in [0.5, 0.6) is 0 Å². The van der Waals surface area contributed by atoms with Gasteiger partial charge in [-0.2, -0.15) is 0 Å². The molecule has 0 aromatic carbocycles. The second-order valence-electron chi connectivity index (χ2n) is 5.17. The molecule has 1 rings (SSSR count). The van der Waals surface area contributed by atoms with Crippen molar-refractivity contribution in [3.05, 3.63) is 16.1 Å². The topological polar surface area (TPSA) is 24.9 Å². The molecule has 1 aromatic heterocycles. The Morgan fingerprint density at radius 1 is 1.33 bits per heavy atom. The third-order valence-corrected chi connectivity index (χ3v) is 3.42. The summed E-state index contributed by atoms with van der Waals surface area (Å²) in [4.78, 5) is 5.66. The number of hydrogen-bond acceptors (Lipinski definition) is 3. The molecule has 1 aromatic rings. The first-order chi connectivity index (χ1) is 6.99. The Hall–Kier alpha value is -0.410. The van der Waals surface area contributed by atoms with Crippen molar-refractivity contribution >= 4 is 11.3 Å². The van der Waals surface area contributed by atoms with Crippen molar-refractivity contribution < 1.29 is 0 Å². The first kappa shape index (κ1) is 12.7. The molecule has 86 valence electrons. The summed E-state index contributed by atoms with van der Waals surface area (Å²) in [6.45, 7) is 11.1. The molecule has 0 saturated carbocycles. The van der Waals surface area contributed by atoms with Crippen molar-refractivity contribution in [3.8, 4) is 0 Å². The highest BCUT2D eigenvalue weighted by Gasteiger charge is 2.08. The van der Waals surface area contributed by atoms with E-state index in [0.717, 1.165) is 19.5 Å². The van der Waals surface area contributed by atoms with Gasteiger partial charge in [0.05, 0.1) is 11.2 Å². The van der Waals surface area contributed by atoms with E-state index < -0.39 is 0 Å². The van der Waals surface area contributed by atoms with Crippen LogP contribution in [0.3, 0.4) is 0 Å². The molecule has 3 heteroatoms. The van der Waals surface area contributed by atoms with Gasteiger partial charge in [-0.25, -0.2) is 4.98 Å². The predicted octanol–water partition coefficient (Wildman–Crippen LogP) is 3.02. The lowest BCUT2D eigenvalue weighted by atomic mass is 9.92. The molecule has 0 bridgehead atoms. The average Bonchev–Trinajstić information content (AvgIpc) is 2.49. The molecule has 0 radical (unpaired) electrons. The van der Waals surface area contributed by atoms with E-state index in [1.165, 1.54) is 17.0 Å². The molecule has 0 aliphatic heterocycles. The number of nitrogens with one attached hydrogen (secondary N) is 1. The first-order valence-electron chi connectivity index (χ1n) is 5.59. The third kappa shape index (κ3) is 5.28. The Morgan fingerprint density at radius 3 is 2.60 bits per heavy atom. The van der Waals surface area contributed by atoms with E-state index in [1.54, 1.807) is 11.3 Å². The minimum Gasteiger partial charge on any atom is -0.316 e. The third-order valence-electron chi connectivity index (χ3n) is 2.43. The van der Waals surface area contributed by atoms with Crippen LogP contribution in [0, 0.1) is 12.3 Å².